The minimum absolute atomic E-state index is 0.0803. The van der Waals surface area contributed by atoms with E-state index < -0.39 is 29.7 Å². The van der Waals surface area contributed by atoms with Gasteiger partial charge < -0.3 is 20.5 Å². The minimum atomic E-state index is -1.17. The van der Waals surface area contributed by atoms with E-state index in [0.717, 1.165) is 6.07 Å². The number of primary amides is 1. The minimum Gasteiger partial charge on any atom is -0.484 e. The predicted octanol–water partition coefficient (Wildman–Crippen LogP) is 2.53. The van der Waals surface area contributed by atoms with E-state index in [1.807, 2.05) is 0 Å². The van der Waals surface area contributed by atoms with Gasteiger partial charge in [0.25, 0.3) is 11.8 Å². The first kappa shape index (κ1) is 20.2. The number of carbonyl (C=O) groups excluding carboxylic acids is 3. The van der Waals surface area contributed by atoms with Crippen LogP contribution in [-0.2, 0) is 14.3 Å². The lowest BCUT2D eigenvalue weighted by Gasteiger charge is -2.14. The molecule has 9 heteroatoms. The maximum absolute atomic E-state index is 13.7. The van der Waals surface area contributed by atoms with Gasteiger partial charge in [0.05, 0.1) is 11.3 Å². The van der Waals surface area contributed by atoms with Crippen LogP contribution in [0.3, 0.4) is 0 Å². The fraction of sp³-hybridized carbons (Fsp3) is 0.167. The smallest absolute Gasteiger partial charge is 0.338 e. The SMILES string of the molecule is C[C@H](OC(=O)c1ccc(OCC(N)=O)cc1)C(=O)Nc1ccc(Cl)cc1F. The molecule has 7 nitrogen and oxygen atoms in total. The summed E-state index contributed by atoms with van der Waals surface area (Å²) in [5.74, 6) is -2.45. The molecule has 0 aliphatic rings. The summed E-state index contributed by atoms with van der Waals surface area (Å²) in [6, 6.07) is 9.48. The third-order valence-corrected chi connectivity index (χ3v) is 3.55. The molecule has 0 aromatic heterocycles. The van der Waals surface area contributed by atoms with Crippen LogP contribution in [-0.4, -0.2) is 30.5 Å². The molecule has 0 aliphatic heterocycles. The topological polar surface area (TPSA) is 108 Å². The van der Waals surface area contributed by atoms with Crippen molar-refractivity contribution >= 4 is 35.1 Å². The Morgan fingerprint density at radius 1 is 1.19 bits per heavy atom. The van der Waals surface area contributed by atoms with Crippen LogP contribution in [0.2, 0.25) is 5.02 Å². The average molecular weight is 395 g/mol. The lowest BCUT2D eigenvalue weighted by Crippen LogP contribution is -2.30. The van der Waals surface area contributed by atoms with Crippen LogP contribution in [0, 0.1) is 5.82 Å². The molecule has 0 radical (unpaired) electrons. The van der Waals surface area contributed by atoms with Crippen molar-refractivity contribution < 1.29 is 28.2 Å². The first-order valence-electron chi connectivity index (χ1n) is 7.74. The quantitative estimate of drug-likeness (QED) is 0.701. The zero-order chi connectivity index (χ0) is 20.0. The van der Waals surface area contributed by atoms with E-state index in [1.54, 1.807) is 0 Å². The molecule has 2 aromatic carbocycles. The van der Waals surface area contributed by atoms with Crippen LogP contribution in [0.4, 0.5) is 10.1 Å². The Balaban J connectivity index is 1.93. The molecule has 0 unspecified atom stereocenters. The van der Waals surface area contributed by atoms with E-state index >= 15 is 0 Å². The highest BCUT2D eigenvalue weighted by Gasteiger charge is 2.20. The molecule has 2 rings (SSSR count). The molecule has 0 bridgehead atoms. The van der Waals surface area contributed by atoms with Crippen molar-refractivity contribution in [1.82, 2.24) is 0 Å². The van der Waals surface area contributed by atoms with Gasteiger partial charge in [-0.3, -0.25) is 9.59 Å². The molecule has 0 aliphatic carbocycles. The Morgan fingerprint density at radius 3 is 2.44 bits per heavy atom. The number of benzene rings is 2. The number of nitrogens with two attached hydrogens (primary N) is 1. The number of carbonyl (C=O) groups is 3. The maximum atomic E-state index is 13.7. The number of amides is 2. The Hall–Kier alpha value is -3.13. The number of hydrogen-bond donors (Lipinski definition) is 2. The second-order valence-corrected chi connectivity index (χ2v) is 5.88. The van der Waals surface area contributed by atoms with E-state index in [2.05, 4.69) is 5.32 Å². The van der Waals surface area contributed by atoms with Gasteiger partial charge in [-0.05, 0) is 49.4 Å². The summed E-state index contributed by atoms with van der Waals surface area (Å²) in [6.07, 6.45) is -1.17. The van der Waals surface area contributed by atoms with Crippen molar-refractivity contribution in [3.8, 4) is 5.75 Å². The highest BCUT2D eigenvalue weighted by Crippen LogP contribution is 2.19. The molecule has 2 amide bonds. The van der Waals surface area contributed by atoms with Crippen LogP contribution >= 0.6 is 11.6 Å². The normalized spacial score (nSPS) is 11.4. The molecule has 142 valence electrons. The number of anilines is 1. The van der Waals surface area contributed by atoms with Gasteiger partial charge in [0, 0.05) is 5.02 Å². The Bertz CT molecular complexity index is 857. The third-order valence-electron chi connectivity index (χ3n) is 3.31. The summed E-state index contributed by atoms with van der Waals surface area (Å²) in [5.41, 5.74) is 5.05. The number of ether oxygens (including phenoxy) is 2. The lowest BCUT2D eigenvalue weighted by atomic mass is 10.2. The number of esters is 1. The second-order valence-electron chi connectivity index (χ2n) is 5.44. The summed E-state index contributed by atoms with van der Waals surface area (Å²) in [7, 11) is 0. The van der Waals surface area contributed by atoms with Crippen molar-refractivity contribution in [3.05, 3.63) is 58.9 Å². The van der Waals surface area contributed by atoms with Gasteiger partial charge in [0.1, 0.15) is 11.6 Å². The van der Waals surface area contributed by atoms with Crippen molar-refractivity contribution in [2.45, 2.75) is 13.0 Å². The van der Waals surface area contributed by atoms with Gasteiger partial charge in [-0.15, -0.1) is 0 Å². The monoisotopic (exact) mass is 394 g/mol. The maximum Gasteiger partial charge on any atom is 0.338 e. The Labute approximate surface area is 159 Å². The van der Waals surface area contributed by atoms with Gasteiger partial charge in [-0.25, -0.2) is 9.18 Å². The van der Waals surface area contributed by atoms with Crippen LogP contribution in [0.25, 0.3) is 0 Å². The van der Waals surface area contributed by atoms with Crippen LogP contribution in [0.1, 0.15) is 17.3 Å². The highest BCUT2D eigenvalue weighted by atomic mass is 35.5. The number of nitrogens with one attached hydrogen (secondary N) is 1. The molecular formula is C18H16ClFN2O5. The van der Waals surface area contributed by atoms with E-state index in [1.165, 1.54) is 43.3 Å². The summed E-state index contributed by atoms with van der Waals surface area (Å²) in [4.78, 5) is 34.8. The van der Waals surface area contributed by atoms with Crippen LogP contribution < -0.4 is 15.8 Å². The molecule has 0 fully saturated rings. The molecule has 2 aromatic rings. The van der Waals surface area contributed by atoms with E-state index in [-0.39, 0.29) is 22.9 Å². The third kappa shape index (κ3) is 5.96. The number of hydrogen-bond acceptors (Lipinski definition) is 5. The average Bonchev–Trinajstić information content (AvgIpc) is 2.62. The van der Waals surface area contributed by atoms with Gasteiger partial charge in [-0.1, -0.05) is 11.6 Å². The summed E-state index contributed by atoms with van der Waals surface area (Å²) >= 11 is 5.65. The van der Waals surface area contributed by atoms with E-state index in [9.17, 15) is 18.8 Å². The molecule has 3 N–H and O–H groups in total. The van der Waals surface area contributed by atoms with E-state index in [4.69, 9.17) is 26.8 Å². The molecule has 0 heterocycles. The standard InChI is InChI=1S/C18H16ClFN2O5/c1-10(17(24)22-15-7-4-12(19)8-14(15)20)27-18(25)11-2-5-13(6-3-11)26-9-16(21)23/h2-8,10H,9H2,1H3,(H2,21,23)(H,22,24)/t10-/m0/s1. The second kappa shape index (κ2) is 9.00. The van der Waals surface area contributed by atoms with Crippen LogP contribution in [0.15, 0.2) is 42.5 Å². The molecule has 0 saturated carbocycles. The van der Waals surface area contributed by atoms with Crippen molar-refractivity contribution in [1.29, 1.82) is 0 Å². The summed E-state index contributed by atoms with van der Waals surface area (Å²) in [5, 5.41) is 2.51. The van der Waals surface area contributed by atoms with E-state index in [0.29, 0.717) is 5.75 Å². The fourth-order valence-electron chi connectivity index (χ4n) is 1.95. The molecule has 0 spiro atoms. The van der Waals surface area contributed by atoms with Gasteiger partial charge in [0.15, 0.2) is 12.7 Å². The fourth-order valence-corrected chi connectivity index (χ4v) is 2.11. The molecular weight excluding hydrogens is 379 g/mol. The van der Waals surface area contributed by atoms with Gasteiger partial charge in [-0.2, -0.15) is 0 Å². The first-order valence-corrected chi connectivity index (χ1v) is 8.12. The first-order chi connectivity index (χ1) is 12.8. The van der Waals surface area contributed by atoms with Gasteiger partial charge in [0.2, 0.25) is 0 Å². The molecule has 1 atom stereocenters. The van der Waals surface area contributed by atoms with Crippen molar-refractivity contribution in [3.63, 3.8) is 0 Å². The lowest BCUT2D eigenvalue weighted by molar-refractivity contribution is -0.123. The van der Waals surface area contributed by atoms with Crippen molar-refractivity contribution in [2.24, 2.45) is 5.73 Å². The van der Waals surface area contributed by atoms with Gasteiger partial charge >= 0.3 is 5.97 Å². The Kier molecular flexibility index (Phi) is 6.73. The Morgan fingerprint density at radius 2 is 1.85 bits per heavy atom. The zero-order valence-electron chi connectivity index (χ0n) is 14.2. The predicted molar refractivity (Wildman–Crippen MR) is 96.0 cm³/mol. The molecule has 0 saturated heterocycles. The number of halogens is 2. The zero-order valence-corrected chi connectivity index (χ0v) is 15.0. The molecule has 27 heavy (non-hydrogen) atoms. The largest absolute Gasteiger partial charge is 0.484 e. The van der Waals surface area contributed by atoms with Crippen molar-refractivity contribution in [2.75, 3.05) is 11.9 Å². The number of rotatable bonds is 7. The highest BCUT2D eigenvalue weighted by molar-refractivity contribution is 6.30. The summed E-state index contributed by atoms with van der Waals surface area (Å²) < 4.78 is 23.8. The summed E-state index contributed by atoms with van der Waals surface area (Å²) in [6.45, 7) is 1.06. The van der Waals surface area contributed by atoms with Crippen LogP contribution in [0.5, 0.6) is 5.75 Å².